The molecule has 0 fully saturated rings. The van der Waals surface area contributed by atoms with Crippen LogP contribution in [0, 0.1) is 5.92 Å². The molecule has 0 radical (unpaired) electrons. The molecule has 0 unspecified atom stereocenters. The van der Waals surface area contributed by atoms with Crippen LogP contribution in [0.25, 0.3) is 0 Å². The van der Waals surface area contributed by atoms with Gasteiger partial charge in [0.2, 0.25) is 0 Å². The molecule has 1 rings (SSSR count). The topological polar surface area (TPSA) is 46.2 Å². The molecule has 0 bridgehead atoms. The van der Waals surface area contributed by atoms with E-state index in [1.165, 1.54) is 0 Å². The Balaban J connectivity index is 2.60. The van der Waals surface area contributed by atoms with E-state index >= 15 is 0 Å². The first-order chi connectivity index (χ1) is 7.52. The van der Waals surface area contributed by atoms with Gasteiger partial charge in [0.1, 0.15) is 0 Å². The minimum Gasteiger partial charge on any atom is -0.345 e. The maximum atomic E-state index is 11.7. The number of hydrogen-bond donors (Lipinski definition) is 1. The molecule has 0 atom stereocenters. The Labute approximate surface area is 103 Å². The van der Waals surface area contributed by atoms with Crippen LogP contribution in [-0.2, 0) is 4.79 Å². The van der Waals surface area contributed by atoms with Crippen molar-refractivity contribution < 1.29 is 9.59 Å². The van der Waals surface area contributed by atoms with Gasteiger partial charge in [0.25, 0.3) is 5.91 Å². The SMILES string of the molecule is CC(C)C(=O)CNC(=O)c1ccccc1Br. The van der Waals surface area contributed by atoms with Gasteiger partial charge in [-0.1, -0.05) is 26.0 Å². The second-order valence-electron chi connectivity index (χ2n) is 3.78. The molecule has 1 aromatic rings. The van der Waals surface area contributed by atoms with E-state index in [2.05, 4.69) is 21.2 Å². The van der Waals surface area contributed by atoms with Crippen molar-refractivity contribution >= 4 is 27.6 Å². The minimum absolute atomic E-state index is 0.0282. The first-order valence-corrected chi connectivity index (χ1v) is 5.87. The molecule has 0 aliphatic heterocycles. The second-order valence-corrected chi connectivity index (χ2v) is 4.64. The number of carbonyl (C=O) groups is 2. The third kappa shape index (κ3) is 3.45. The average molecular weight is 284 g/mol. The van der Waals surface area contributed by atoms with Crippen LogP contribution in [0.4, 0.5) is 0 Å². The van der Waals surface area contributed by atoms with Crippen molar-refractivity contribution in [1.82, 2.24) is 5.32 Å². The zero-order valence-corrected chi connectivity index (χ0v) is 10.9. The van der Waals surface area contributed by atoms with E-state index in [1.807, 2.05) is 19.9 Å². The van der Waals surface area contributed by atoms with Gasteiger partial charge in [-0.3, -0.25) is 9.59 Å². The molecule has 1 N–H and O–H groups in total. The molecule has 0 spiro atoms. The standard InChI is InChI=1S/C12H14BrNO2/c1-8(2)11(15)7-14-12(16)9-5-3-4-6-10(9)13/h3-6,8H,7H2,1-2H3,(H,14,16). The van der Waals surface area contributed by atoms with Crippen molar-refractivity contribution in [3.8, 4) is 0 Å². The van der Waals surface area contributed by atoms with Crippen molar-refractivity contribution in [1.29, 1.82) is 0 Å². The highest BCUT2D eigenvalue weighted by atomic mass is 79.9. The summed E-state index contributed by atoms with van der Waals surface area (Å²) in [6.07, 6.45) is 0. The van der Waals surface area contributed by atoms with Gasteiger partial charge in [-0.2, -0.15) is 0 Å². The predicted octanol–water partition coefficient (Wildman–Crippen LogP) is 2.40. The summed E-state index contributed by atoms with van der Waals surface area (Å²) < 4.78 is 0.726. The lowest BCUT2D eigenvalue weighted by atomic mass is 10.1. The van der Waals surface area contributed by atoms with Gasteiger partial charge in [0.05, 0.1) is 12.1 Å². The van der Waals surface area contributed by atoms with Gasteiger partial charge in [-0.15, -0.1) is 0 Å². The number of Topliss-reactive ketones (excluding diaryl/α,β-unsaturated/α-hetero) is 1. The summed E-state index contributed by atoms with van der Waals surface area (Å²) in [5.74, 6) is -0.263. The molecule has 86 valence electrons. The van der Waals surface area contributed by atoms with Gasteiger partial charge < -0.3 is 5.32 Å². The Kier molecular flexibility index (Phi) is 4.68. The first-order valence-electron chi connectivity index (χ1n) is 5.08. The summed E-state index contributed by atoms with van der Waals surface area (Å²) in [5.41, 5.74) is 0.541. The largest absolute Gasteiger partial charge is 0.345 e. The zero-order valence-electron chi connectivity index (χ0n) is 9.29. The van der Waals surface area contributed by atoms with E-state index in [9.17, 15) is 9.59 Å². The fourth-order valence-corrected chi connectivity index (χ4v) is 1.58. The lowest BCUT2D eigenvalue weighted by Crippen LogP contribution is -2.31. The Morgan fingerprint density at radius 1 is 1.31 bits per heavy atom. The van der Waals surface area contributed by atoms with Crippen molar-refractivity contribution in [2.45, 2.75) is 13.8 Å². The number of carbonyl (C=O) groups excluding carboxylic acids is 2. The molecule has 0 saturated carbocycles. The highest BCUT2D eigenvalue weighted by Gasteiger charge is 2.12. The fraction of sp³-hybridized carbons (Fsp3) is 0.333. The third-order valence-electron chi connectivity index (χ3n) is 2.19. The molecule has 0 aromatic heterocycles. The highest BCUT2D eigenvalue weighted by Crippen LogP contribution is 2.15. The summed E-state index contributed by atoms with van der Waals surface area (Å²) in [6, 6.07) is 7.11. The summed E-state index contributed by atoms with van der Waals surface area (Å²) in [5, 5.41) is 2.60. The van der Waals surface area contributed by atoms with Crippen LogP contribution in [0.2, 0.25) is 0 Å². The molecule has 1 amide bonds. The molecular weight excluding hydrogens is 270 g/mol. The van der Waals surface area contributed by atoms with Crippen LogP contribution in [0.3, 0.4) is 0 Å². The third-order valence-corrected chi connectivity index (χ3v) is 2.88. The van der Waals surface area contributed by atoms with Crippen LogP contribution in [0.15, 0.2) is 28.7 Å². The van der Waals surface area contributed by atoms with Crippen LogP contribution in [0.1, 0.15) is 24.2 Å². The Morgan fingerprint density at radius 3 is 2.50 bits per heavy atom. The quantitative estimate of drug-likeness (QED) is 0.922. The molecule has 0 heterocycles. The maximum absolute atomic E-state index is 11.7. The number of rotatable bonds is 4. The number of amides is 1. The number of nitrogens with one attached hydrogen (secondary N) is 1. The van der Waals surface area contributed by atoms with E-state index < -0.39 is 0 Å². The van der Waals surface area contributed by atoms with Crippen LogP contribution >= 0.6 is 15.9 Å². The molecule has 0 aliphatic rings. The number of benzene rings is 1. The Bertz CT molecular complexity index is 402. The average Bonchev–Trinajstić information content (AvgIpc) is 2.25. The number of halogens is 1. The number of hydrogen-bond acceptors (Lipinski definition) is 2. The van der Waals surface area contributed by atoms with Gasteiger partial charge in [-0.05, 0) is 28.1 Å². The van der Waals surface area contributed by atoms with E-state index in [1.54, 1.807) is 18.2 Å². The summed E-state index contributed by atoms with van der Waals surface area (Å²) in [6.45, 7) is 3.71. The molecule has 0 aliphatic carbocycles. The monoisotopic (exact) mass is 283 g/mol. The van der Waals surface area contributed by atoms with Crippen molar-refractivity contribution in [3.63, 3.8) is 0 Å². The molecule has 4 heteroatoms. The highest BCUT2D eigenvalue weighted by molar-refractivity contribution is 9.10. The van der Waals surface area contributed by atoms with E-state index in [0.29, 0.717) is 5.56 Å². The summed E-state index contributed by atoms with van der Waals surface area (Å²) in [7, 11) is 0. The predicted molar refractivity (Wildman–Crippen MR) is 66.3 cm³/mol. The smallest absolute Gasteiger partial charge is 0.252 e. The van der Waals surface area contributed by atoms with E-state index in [-0.39, 0.29) is 24.2 Å². The van der Waals surface area contributed by atoms with Crippen molar-refractivity contribution in [2.24, 2.45) is 5.92 Å². The minimum atomic E-state index is -0.235. The molecule has 1 aromatic carbocycles. The van der Waals surface area contributed by atoms with Crippen LogP contribution in [-0.4, -0.2) is 18.2 Å². The Morgan fingerprint density at radius 2 is 1.94 bits per heavy atom. The normalized spacial score (nSPS) is 10.2. The number of ketones is 1. The fourth-order valence-electron chi connectivity index (χ4n) is 1.11. The van der Waals surface area contributed by atoms with Crippen LogP contribution in [0.5, 0.6) is 0 Å². The van der Waals surface area contributed by atoms with Gasteiger partial charge in [0, 0.05) is 10.4 Å². The van der Waals surface area contributed by atoms with Crippen molar-refractivity contribution in [2.75, 3.05) is 6.54 Å². The van der Waals surface area contributed by atoms with E-state index in [0.717, 1.165) is 4.47 Å². The molecule has 0 saturated heterocycles. The van der Waals surface area contributed by atoms with Crippen LogP contribution < -0.4 is 5.32 Å². The summed E-state index contributed by atoms with van der Waals surface area (Å²) >= 11 is 3.29. The second kappa shape index (κ2) is 5.80. The molecule has 3 nitrogen and oxygen atoms in total. The zero-order chi connectivity index (χ0) is 12.1. The van der Waals surface area contributed by atoms with Gasteiger partial charge in [0.15, 0.2) is 5.78 Å². The molecule has 16 heavy (non-hydrogen) atoms. The van der Waals surface area contributed by atoms with E-state index in [4.69, 9.17) is 0 Å². The lowest BCUT2D eigenvalue weighted by Gasteiger charge is -2.07. The Hall–Kier alpha value is -1.16. The lowest BCUT2D eigenvalue weighted by molar-refractivity contribution is -0.120. The van der Waals surface area contributed by atoms with Gasteiger partial charge in [-0.25, -0.2) is 0 Å². The van der Waals surface area contributed by atoms with Crippen molar-refractivity contribution in [3.05, 3.63) is 34.3 Å². The summed E-state index contributed by atoms with van der Waals surface area (Å²) in [4.78, 5) is 23.0. The maximum Gasteiger partial charge on any atom is 0.252 e. The van der Waals surface area contributed by atoms with Gasteiger partial charge >= 0.3 is 0 Å². The molecular formula is C12H14BrNO2. The first kappa shape index (κ1) is 12.9.